The molecule has 3 aromatic rings. The van der Waals surface area contributed by atoms with E-state index in [0.29, 0.717) is 28.6 Å². The summed E-state index contributed by atoms with van der Waals surface area (Å²) in [4.78, 5) is 32.5. The van der Waals surface area contributed by atoms with E-state index in [-0.39, 0.29) is 17.7 Å². The lowest BCUT2D eigenvalue weighted by Crippen LogP contribution is -2.37. The quantitative estimate of drug-likeness (QED) is 0.598. The van der Waals surface area contributed by atoms with Crippen LogP contribution >= 0.6 is 11.8 Å². The number of oxazole rings is 1. The fourth-order valence-electron chi connectivity index (χ4n) is 3.84. The molecule has 2 aliphatic rings. The Hall–Kier alpha value is -3.06. The molecule has 0 atom stereocenters. The summed E-state index contributed by atoms with van der Waals surface area (Å²) in [6.07, 6.45) is 2.00. The summed E-state index contributed by atoms with van der Waals surface area (Å²) in [5.41, 5.74) is 3.28. The summed E-state index contributed by atoms with van der Waals surface area (Å²) in [6, 6.07) is 15.1. The number of carbonyl (C=O) groups is 2. The van der Waals surface area contributed by atoms with E-state index in [9.17, 15) is 9.59 Å². The van der Waals surface area contributed by atoms with Gasteiger partial charge in [-0.2, -0.15) is 11.8 Å². The number of nitrogens with one attached hydrogen (secondary N) is 1. The monoisotopic (exact) mass is 447 g/mol. The number of hydrogen-bond donors (Lipinski definition) is 1. The molecule has 1 aromatic heterocycles. The van der Waals surface area contributed by atoms with Crippen molar-refractivity contribution in [2.24, 2.45) is 0 Å². The zero-order valence-corrected chi connectivity index (χ0v) is 18.8. The number of amides is 2. The van der Waals surface area contributed by atoms with Crippen molar-refractivity contribution in [3.63, 3.8) is 0 Å². The zero-order chi connectivity index (χ0) is 22.1. The Bertz CT molecular complexity index is 1150. The fraction of sp³-hybridized carbons (Fsp3) is 0.320. The molecule has 7 heteroatoms. The maximum absolute atomic E-state index is 13.2. The molecular formula is C25H25N3O3S. The number of carbonyl (C=O) groups excluding carboxylic acids is 2. The van der Waals surface area contributed by atoms with Crippen LogP contribution in [0.4, 0.5) is 5.69 Å². The Morgan fingerprint density at radius 1 is 1.09 bits per heavy atom. The first-order valence-electron chi connectivity index (χ1n) is 11.0. The van der Waals surface area contributed by atoms with Gasteiger partial charge in [0.1, 0.15) is 5.76 Å². The minimum atomic E-state index is -0.306. The molecule has 1 aliphatic heterocycles. The number of thioether (sulfide) groups is 1. The summed E-state index contributed by atoms with van der Waals surface area (Å²) >= 11 is 1.87. The van der Waals surface area contributed by atoms with Crippen LogP contribution in [-0.4, -0.2) is 46.3 Å². The molecule has 6 nitrogen and oxygen atoms in total. The van der Waals surface area contributed by atoms with E-state index in [4.69, 9.17) is 4.42 Å². The number of aryl methyl sites for hydroxylation is 1. The van der Waals surface area contributed by atoms with Crippen LogP contribution in [-0.2, 0) is 0 Å². The van der Waals surface area contributed by atoms with E-state index in [0.717, 1.165) is 48.6 Å². The molecule has 32 heavy (non-hydrogen) atoms. The molecule has 164 valence electrons. The molecule has 1 saturated heterocycles. The molecule has 2 amide bonds. The van der Waals surface area contributed by atoms with E-state index >= 15 is 0 Å². The molecule has 0 unspecified atom stereocenters. The lowest BCUT2D eigenvalue weighted by Gasteiger charge is -2.26. The summed E-state index contributed by atoms with van der Waals surface area (Å²) in [6.45, 7) is 3.43. The molecule has 0 bridgehead atoms. The van der Waals surface area contributed by atoms with Gasteiger partial charge < -0.3 is 14.6 Å². The summed E-state index contributed by atoms with van der Waals surface area (Å²) in [5, 5.41) is 2.98. The molecule has 0 spiro atoms. The highest BCUT2D eigenvalue weighted by Crippen LogP contribution is 2.43. The van der Waals surface area contributed by atoms with Gasteiger partial charge in [0.2, 0.25) is 5.89 Å². The van der Waals surface area contributed by atoms with Crippen molar-refractivity contribution in [3.05, 3.63) is 71.1 Å². The highest BCUT2D eigenvalue weighted by Gasteiger charge is 2.34. The van der Waals surface area contributed by atoms with Crippen LogP contribution in [0, 0.1) is 6.92 Å². The Kier molecular flexibility index (Phi) is 5.74. The minimum absolute atomic E-state index is 0.00673. The van der Waals surface area contributed by atoms with Crippen LogP contribution in [0.5, 0.6) is 0 Å². The van der Waals surface area contributed by atoms with Gasteiger partial charge in [0.25, 0.3) is 11.8 Å². The largest absolute Gasteiger partial charge is 0.440 e. The Morgan fingerprint density at radius 2 is 1.84 bits per heavy atom. The molecule has 5 rings (SSSR count). The average Bonchev–Trinajstić information content (AvgIpc) is 3.59. The second-order valence-electron chi connectivity index (χ2n) is 8.26. The van der Waals surface area contributed by atoms with E-state index in [2.05, 4.69) is 10.3 Å². The molecule has 2 heterocycles. The van der Waals surface area contributed by atoms with E-state index in [1.54, 1.807) is 6.07 Å². The summed E-state index contributed by atoms with van der Waals surface area (Å²) < 4.78 is 6.02. The van der Waals surface area contributed by atoms with Crippen molar-refractivity contribution in [2.45, 2.75) is 25.7 Å². The summed E-state index contributed by atoms with van der Waals surface area (Å²) in [7, 11) is 0. The number of nitrogens with zero attached hydrogens (tertiary/aromatic N) is 2. The van der Waals surface area contributed by atoms with Gasteiger partial charge in [-0.25, -0.2) is 4.98 Å². The van der Waals surface area contributed by atoms with Gasteiger partial charge in [-0.15, -0.1) is 0 Å². The van der Waals surface area contributed by atoms with Crippen molar-refractivity contribution < 1.29 is 14.0 Å². The highest BCUT2D eigenvalue weighted by molar-refractivity contribution is 7.99. The third-order valence-corrected chi connectivity index (χ3v) is 6.81. The SMILES string of the molecule is Cc1ccc(C(=O)N2CCSCC2)cc1NC(=O)c1nc(-c2ccccc2)oc1C1CC1. The van der Waals surface area contributed by atoms with Gasteiger partial charge in [0.15, 0.2) is 5.69 Å². The molecule has 1 N–H and O–H groups in total. The van der Waals surface area contributed by atoms with Gasteiger partial charge in [0, 0.05) is 47.3 Å². The van der Waals surface area contributed by atoms with Crippen molar-refractivity contribution in [1.29, 1.82) is 0 Å². The second-order valence-corrected chi connectivity index (χ2v) is 9.49. The molecule has 2 fully saturated rings. The zero-order valence-electron chi connectivity index (χ0n) is 18.0. The van der Waals surface area contributed by atoms with E-state index < -0.39 is 0 Å². The van der Waals surface area contributed by atoms with E-state index in [1.807, 2.05) is 66.1 Å². The number of benzene rings is 2. The smallest absolute Gasteiger partial charge is 0.277 e. The Balaban J connectivity index is 1.40. The van der Waals surface area contributed by atoms with Crippen molar-refractivity contribution >= 4 is 29.3 Å². The van der Waals surface area contributed by atoms with Gasteiger partial charge >= 0.3 is 0 Å². The number of anilines is 1. The fourth-order valence-corrected chi connectivity index (χ4v) is 4.74. The lowest BCUT2D eigenvalue weighted by atomic mass is 10.1. The normalized spacial score (nSPS) is 16.1. The third kappa shape index (κ3) is 4.30. The van der Waals surface area contributed by atoms with Gasteiger partial charge in [0.05, 0.1) is 0 Å². The van der Waals surface area contributed by atoms with Crippen LogP contribution in [0.3, 0.4) is 0 Å². The van der Waals surface area contributed by atoms with Gasteiger partial charge in [-0.1, -0.05) is 24.3 Å². The van der Waals surface area contributed by atoms with Crippen LogP contribution < -0.4 is 5.32 Å². The molecular weight excluding hydrogens is 422 g/mol. The van der Waals surface area contributed by atoms with Crippen molar-refractivity contribution in [2.75, 3.05) is 29.9 Å². The average molecular weight is 448 g/mol. The Morgan fingerprint density at radius 3 is 2.56 bits per heavy atom. The number of hydrogen-bond acceptors (Lipinski definition) is 5. The van der Waals surface area contributed by atoms with Gasteiger partial charge in [-0.05, 0) is 49.6 Å². The lowest BCUT2D eigenvalue weighted by molar-refractivity contribution is 0.0772. The predicted molar refractivity (Wildman–Crippen MR) is 126 cm³/mol. The maximum Gasteiger partial charge on any atom is 0.277 e. The highest BCUT2D eigenvalue weighted by atomic mass is 32.2. The summed E-state index contributed by atoms with van der Waals surface area (Å²) in [5.74, 6) is 2.97. The molecule has 2 aromatic carbocycles. The second kappa shape index (κ2) is 8.82. The molecule has 0 radical (unpaired) electrons. The van der Waals surface area contributed by atoms with Crippen LogP contribution in [0.2, 0.25) is 0 Å². The Labute approximate surface area is 191 Å². The van der Waals surface area contributed by atoms with Crippen LogP contribution in [0.1, 0.15) is 50.9 Å². The van der Waals surface area contributed by atoms with Crippen molar-refractivity contribution in [1.82, 2.24) is 9.88 Å². The minimum Gasteiger partial charge on any atom is -0.440 e. The van der Waals surface area contributed by atoms with Crippen molar-refractivity contribution in [3.8, 4) is 11.5 Å². The van der Waals surface area contributed by atoms with Crippen LogP contribution in [0.15, 0.2) is 52.9 Å². The van der Waals surface area contributed by atoms with E-state index in [1.165, 1.54) is 0 Å². The first kappa shape index (κ1) is 20.8. The molecule has 1 aliphatic carbocycles. The van der Waals surface area contributed by atoms with Crippen LogP contribution in [0.25, 0.3) is 11.5 Å². The standard InChI is InChI=1S/C25H25N3O3S/c1-16-7-8-19(25(30)28-11-13-32-14-12-28)15-20(16)26-23(29)21-22(17-9-10-17)31-24(27-21)18-5-3-2-4-6-18/h2-8,15,17H,9-14H2,1H3,(H,26,29). The predicted octanol–water partition coefficient (Wildman–Crippen LogP) is 4.97. The number of aromatic nitrogens is 1. The third-order valence-electron chi connectivity index (χ3n) is 5.87. The molecule has 1 saturated carbocycles. The van der Waals surface area contributed by atoms with Gasteiger partial charge in [-0.3, -0.25) is 9.59 Å². The first-order valence-corrected chi connectivity index (χ1v) is 12.1. The first-order chi connectivity index (χ1) is 15.6. The number of rotatable bonds is 5. The maximum atomic E-state index is 13.2. The topological polar surface area (TPSA) is 75.4 Å².